The van der Waals surface area contributed by atoms with Gasteiger partial charge in [-0.2, -0.15) is 17.0 Å². The third-order valence-corrected chi connectivity index (χ3v) is 6.95. The fraction of sp³-hybridized carbons (Fsp3) is 0.400. The minimum Gasteiger partial charge on any atom is -0.207 e. The molecule has 0 spiro atoms. The van der Waals surface area contributed by atoms with Crippen molar-refractivity contribution >= 4 is 10.2 Å². The molecule has 0 bridgehead atoms. The van der Waals surface area contributed by atoms with Gasteiger partial charge in [0.05, 0.1) is 0 Å². The summed E-state index contributed by atoms with van der Waals surface area (Å²) < 4.78 is 42.7. The monoisotopic (exact) mass is 376 g/mol. The fourth-order valence-corrected chi connectivity index (χ4v) is 5.48. The van der Waals surface area contributed by atoms with Gasteiger partial charge in [-0.15, -0.1) is 0 Å². The summed E-state index contributed by atoms with van der Waals surface area (Å²) in [6, 6.07) is 15.7. The normalized spacial score (nSPS) is 21.2. The van der Waals surface area contributed by atoms with Gasteiger partial charge in [0, 0.05) is 24.7 Å². The summed E-state index contributed by atoms with van der Waals surface area (Å²) in [5.74, 6) is -0.287. The lowest BCUT2D eigenvalue weighted by Crippen LogP contribution is -2.44. The highest BCUT2D eigenvalue weighted by atomic mass is 32.2. The number of benzene rings is 2. The van der Waals surface area contributed by atoms with E-state index in [1.807, 2.05) is 51.1 Å². The molecule has 4 nitrogen and oxygen atoms in total. The van der Waals surface area contributed by atoms with Crippen LogP contribution in [0.25, 0.3) is 0 Å². The second-order valence-corrected chi connectivity index (χ2v) is 9.53. The quantitative estimate of drug-likeness (QED) is 0.818. The van der Waals surface area contributed by atoms with Gasteiger partial charge in [-0.05, 0) is 50.5 Å². The maximum atomic E-state index is 13.2. The van der Waals surface area contributed by atoms with Crippen LogP contribution in [0, 0.1) is 5.82 Å². The minimum absolute atomic E-state index is 0.190. The van der Waals surface area contributed by atoms with Crippen molar-refractivity contribution in [2.75, 3.05) is 6.54 Å². The van der Waals surface area contributed by atoms with Gasteiger partial charge in [0.15, 0.2) is 0 Å². The largest absolute Gasteiger partial charge is 0.283 e. The van der Waals surface area contributed by atoms with Crippen LogP contribution in [0.15, 0.2) is 54.6 Å². The van der Waals surface area contributed by atoms with Gasteiger partial charge in [-0.25, -0.2) is 4.39 Å². The molecule has 1 heterocycles. The molecule has 0 unspecified atom stereocenters. The highest BCUT2D eigenvalue weighted by Gasteiger charge is 2.48. The number of hydrogen-bond acceptors (Lipinski definition) is 2. The van der Waals surface area contributed by atoms with E-state index in [0.717, 1.165) is 11.1 Å². The Labute approximate surface area is 155 Å². The van der Waals surface area contributed by atoms with Crippen LogP contribution in [0.1, 0.15) is 31.9 Å². The van der Waals surface area contributed by atoms with Crippen molar-refractivity contribution < 1.29 is 12.8 Å². The highest BCUT2D eigenvalue weighted by Crippen LogP contribution is 2.32. The number of nitrogens with zero attached hydrogens (tertiary/aromatic N) is 2. The Bertz CT molecular complexity index is 846. The van der Waals surface area contributed by atoms with Crippen LogP contribution in [0.3, 0.4) is 0 Å². The summed E-state index contributed by atoms with van der Waals surface area (Å²) >= 11 is 0. The Hall–Kier alpha value is -1.76. The third kappa shape index (κ3) is 3.98. The van der Waals surface area contributed by atoms with Gasteiger partial charge in [-0.1, -0.05) is 42.5 Å². The summed E-state index contributed by atoms with van der Waals surface area (Å²) in [5, 5.41) is 0. The summed E-state index contributed by atoms with van der Waals surface area (Å²) in [4.78, 5) is 0. The first kappa shape index (κ1) is 19.0. The van der Waals surface area contributed by atoms with Crippen LogP contribution in [0.5, 0.6) is 0 Å². The summed E-state index contributed by atoms with van der Waals surface area (Å²) in [6.45, 7) is 6.49. The molecule has 3 rings (SSSR count). The van der Waals surface area contributed by atoms with Crippen molar-refractivity contribution in [1.82, 2.24) is 8.61 Å². The molecule has 0 aliphatic carbocycles. The molecule has 1 aliphatic rings. The van der Waals surface area contributed by atoms with Crippen LogP contribution >= 0.6 is 0 Å². The first-order chi connectivity index (χ1) is 12.2. The summed E-state index contributed by atoms with van der Waals surface area (Å²) in [7, 11) is -3.57. The van der Waals surface area contributed by atoms with Crippen LogP contribution < -0.4 is 0 Å². The van der Waals surface area contributed by atoms with Gasteiger partial charge in [0.25, 0.3) is 10.2 Å². The van der Waals surface area contributed by atoms with E-state index in [0.29, 0.717) is 19.5 Å². The molecule has 1 aliphatic heterocycles. The number of halogens is 1. The van der Waals surface area contributed by atoms with Crippen molar-refractivity contribution in [2.45, 2.75) is 45.3 Å². The molecule has 1 fully saturated rings. The standard InChI is InChI=1S/C20H25FN2O2S/c1-20(2,3)23-15-19(13-16-9-11-18(21)12-10-16)22(26(23,24)25)14-17-7-5-4-6-8-17/h4-12,19H,13-15H2,1-3H3/t19-/m0/s1. The predicted molar refractivity (Wildman–Crippen MR) is 101 cm³/mol. The molecule has 140 valence electrons. The molecule has 0 saturated carbocycles. The average molecular weight is 376 g/mol. The maximum absolute atomic E-state index is 13.2. The van der Waals surface area contributed by atoms with E-state index in [1.54, 1.807) is 20.7 Å². The predicted octanol–water partition coefficient (Wildman–Crippen LogP) is 3.60. The molecule has 2 aromatic carbocycles. The van der Waals surface area contributed by atoms with Crippen molar-refractivity contribution in [3.63, 3.8) is 0 Å². The molecular formula is C20H25FN2O2S. The lowest BCUT2D eigenvalue weighted by Gasteiger charge is -2.30. The molecule has 6 heteroatoms. The lowest BCUT2D eigenvalue weighted by molar-refractivity contribution is 0.253. The van der Waals surface area contributed by atoms with Gasteiger partial charge in [-0.3, -0.25) is 0 Å². The second kappa shape index (κ2) is 7.10. The molecule has 1 atom stereocenters. The molecule has 1 saturated heterocycles. The SMILES string of the molecule is CC(C)(C)N1C[C@H](Cc2ccc(F)cc2)N(Cc2ccccc2)S1(=O)=O. The molecule has 2 aromatic rings. The molecule has 0 aromatic heterocycles. The zero-order valence-electron chi connectivity index (χ0n) is 15.4. The van der Waals surface area contributed by atoms with Gasteiger partial charge < -0.3 is 0 Å². The summed E-state index contributed by atoms with van der Waals surface area (Å²) in [5.41, 5.74) is 1.39. The van der Waals surface area contributed by atoms with Crippen LogP contribution in [0.4, 0.5) is 4.39 Å². The van der Waals surface area contributed by atoms with Gasteiger partial charge in [0.2, 0.25) is 0 Å². The number of rotatable bonds is 4. The van der Waals surface area contributed by atoms with E-state index in [4.69, 9.17) is 0 Å². The first-order valence-corrected chi connectivity index (χ1v) is 10.2. The number of hydrogen-bond donors (Lipinski definition) is 0. The zero-order valence-corrected chi connectivity index (χ0v) is 16.2. The van der Waals surface area contributed by atoms with E-state index in [-0.39, 0.29) is 11.9 Å². The molecule has 0 amide bonds. The Morgan fingerprint density at radius 2 is 1.62 bits per heavy atom. The second-order valence-electron chi connectivity index (χ2n) is 7.72. The minimum atomic E-state index is -3.57. The molecule has 26 heavy (non-hydrogen) atoms. The highest BCUT2D eigenvalue weighted by molar-refractivity contribution is 7.87. The Morgan fingerprint density at radius 3 is 2.19 bits per heavy atom. The average Bonchev–Trinajstić information content (AvgIpc) is 2.82. The van der Waals surface area contributed by atoms with E-state index < -0.39 is 15.7 Å². The Morgan fingerprint density at radius 1 is 1.00 bits per heavy atom. The smallest absolute Gasteiger partial charge is 0.207 e. The van der Waals surface area contributed by atoms with Crippen molar-refractivity contribution in [2.24, 2.45) is 0 Å². The zero-order chi connectivity index (χ0) is 18.9. The molecular weight excluding hydrogens is 351 g/mol. The maximum Gasteiger partial charge on any atom is 0.283 e. The van der Waals surface area contributed by atoms with Crippen LogP contribution in [-0.4, -0.2) is 35.2 Å². The molecule has 0 N–H and O–H groups in total. The van der Waals surface area contributed by atoms with Gasteiger partial charge in [0.1, 0.15) is 5.82 Å². The van der Waals surface area contributed by atoms with Gasteiger partial charge >= 0.3 is 0 Å². The van der Waals surface area contributed by atoms with E-state index in [2.05, 4.69) is 0 Å². The van der Waals surface area contributed by atoms with E-state index >= 15 is 0 Å². The third-order valence-electron chi connectivity index (χ3n) is 4.67. The first-order valence-electron chi connectivity index (χ1n) is 8.76. The van der Waals surface area contributed by atoms with E-state index in [1.165, 1.54) is 12.1 Å². The fourth-order valence-electron chi connectivity index (χ4n) is 3.34. The van der Waals surface area contributed by atoms with Crippen molar-refractivity contribution in [3.05, 3.63) is 71.5 Å². The Kier molecular flexibility index (Phi) is 5.19. The van der Waals surface area contributed by atoms with Crippen LogP contribution in [0.2, 0.25) is 0 Å². The summed E-state index contributed by atoms with van der Waals surface area (Å²) in [6.07, 6.45) is 0.554. The Balaban J connectivity index is 1.92. The topological polar surface area (TPSA) is 40.6 Å². The van der Waals surface area contributed by atoms with E-state index in [9.17, 15) is 12.8 Å². The lowest BCUT2D eigenvalue weighted by atomic mass is 10.0. The van der Waals surface area contributed by atoms with Crippen molar-refractivity contribution in [1.29, 1.82) is 0 Å². The molecule has 0 radical (unpaired) electrons. The van der Waals surface area contributed by atoms with Crippen molar-refractivity contribution in [3.8, 4) is 0 Å². The van der Waals surface area contributed by atoms with Crippen LogP contribution in [-0.2, 0) is 23.2 Å².